The molecule has 2 unspecified atom stereocenters. The Balaban J connectivity index is 2.00. The van der Waals surface area contributed by atoms with Crippen LogP contribution in [0.1, 0.15) is 18.2 Å². The highest BCUT2D eigenvalue weighted by Gasteiger charge is 2.27. The summed E-state index contributed by atoms with van der Waals surface area (Å²) in [5.74, 6) is 0.272. The fraction of sp³-hybridized carbons (Fsp3) is 0.692. The molecule has 0 radical (unpaired) electrons. The molecular formula is C13H22N2O3S2. The zero-order chi connectivity index (χ0) is 14.6. The molecule has 114 valence electrons. The Morgan fingerprint density at radius 2 is 2.30 bits per heavy atom. The van der Waals surface area contributed by atoms with E-state index in [2.05, 4.69) is 10.0 Å². The van der Waals surface area contributed by atoms with E-state index >= 15 is 0 Å². The Labute approximate surface area is 124 Å². The predicted molar refractivity (Wildman–Crippen MR) is 80.7 cm³/mol. The van der Waals surface area contributed by atoms with E-state index in [9.17, 15) is 8.42 Å². The van der Waals surface area contributed by atoms with Crippen LogP contribution in [-0.4, -0.2) is 41.3 Å². The number of likely N-dealkylation sites (N-methyl/N-ethyl adjacent to an activating group) is 1. The van der Waals surface area contributed by atoms with Gasteiger partial charge in [-0.1, -0.05) is 0 Å². The molecule has 1 aliphatic rings. The van der Waals surface area contributed by atoms with Crippen molar-refractivity contribution in [2.75, 3.05) is 26.8 Å². The molecule has 1 aromatic rings. The molecule has 1 fully saturated rings. The predicted octanol–water partition coefficient (Wildman–Crippen LogP) is 1.21. The van der Waals surface area contributed by atoms with Crippen molar-refractivity contribution in [3.63, 3.8) is 0 Å². The molecule has 2 N–H and O–H groups in total. The van der Waals surface area contributed by atoms with E-state index in [1.165, 1.54) is 11.3 Å². The fourth-order valence-corrected chi connectivity index (χ4v) is 4.92. The minimum atomic E-state index is -3.41. The number of ether oxygens (including phenoxy) is 1. The fourth-order valence-electron chi connectivity index (χ4n) is 2.23. The zero-order valence-corrected chi connectivity index (χ0v) is 13.5. The topological polar surface area (TPSA) is 67.4 Å². The van der Waals surface area contributed by atoms with Crippen molar-refractivity contribution >= 4 is 21.4 Å². The molecule has 0 aliphatic carbocycles. The molecule has 2 rings (SSSR count). The molecule has 0 spiro atoms. The van der Waals surface area contributed by atoms with Gasteiger partial charge in [-0.05, 0) is 45.5 Å². The summed E-state index contributed by atoms with van der Waals surface area (Å²) in [4.78, 5) is 1.08. The molecule has 5 nitrogen and oxygen atoms in total. The summed E-state index contributed by atoms with van der Waals surface area (Å²) >= 11 is 1.34. The average molecular weight is 318 g/mol. The average Bonchev–Trinajstić information content (AvgIpc) is 3.07. The molecular weight excluding hydrogens is 296 g/mol. The van der Waals surface area contributed by atoms with E-state index in [0.29, 0.717) is 10.8 Å². The first-order valence-electron chi connectivity index (χ1n) is 6.86. The van der Waals surface area contributed by atoms with Crippen LogP contribution in [0, 0.1) is 5.92 Å². The van der Waals surface area contributed by atoms with Crippen LogP contribution in [0.3, 0.4) is 0 Å². The van der Waals surface area contributed by atoms with Crippen LogP contribution in [0.2, 0.25) is 0 Å². The van der Waals surface area contributed by atoms with E-state index in [4.69, 9.17) is 4.74 Å². The quantitative estimate of drug-likeness (QED) is 0.793. The third-order valence-electron chi connectivity index (χ3n) is 3.54. The van der Waals surface area contributed by atoms with Crippen molar-refractivity contribution in [3.8, 4) is 0 Å². The molecule has 0 aromatic carbocycles. The first kappa shape index (κ1) is 15.9. The number of thiophene rings is 1. The highest BCUT2D eigenvalue weighted by molar-refractivity contribution is 7.91. The molecule has 1 aliphatic heterocycles. The van der Waals surface area contributed by atoms with Crippen LogP contribution in [0.5, 0.6) is 0 Å². The first-order valence-corrected chi connectivity index (χ1v) is 9.16. The van der Waals surface area contributed by atoms with Gasteiger partial charge in [-0.25, -0.2) is 13.1 Å². The second-order valence-corrected chi connectivity index (χ2v) is 8.22. The van der Waals surface area contributed by atoms with Gasteiger partial charge in [-0.3, -0.25) is 0 Å². The third kappa shape index (κ3) is 4.02. The van der Waals surface area contributed by atoms with Crippen molar-refractivity contribution in [3.05, 3.63) is 17.0 Å². The second-order valence-electron chi connectivity index (χ2n) is 5.11. The molecule has 2 heterocycles. The van der Waals surface area contributed by atoms with Gasteiger partial charge in [-0.2, -0.15) is 0 Å². The summed E-state index contributed by atoms with van der Waals surface area (Å²) in [5.41, 5.74) is 0. The van der Waals surface area contributed by atoms with Gasteiger partial charge in [0, 0.05) is 23.4 Å². The van der Waals surface area contributed by atoms with Crippen LogP contribution in [0.15, 0.2) is 16.3 Å². The molecule has 1 saturated heterocycles. The lowest BCUT2D eigenvalue weighted by Crippen LogP contribution is -2.38. The van der Waals surface area contributed by atoms with Crippen molar-refractivity contribution in [1.82, 2.24) is 10.0 Å². The maximum Gasteiger partial charge on any atom is 0.250 e. The number of rotatable bonds is 7. The Hall–Kier alpha value is -0.470. The van der Waals surface area contributed by atoms with Crippen LogP contribution in [0.4, 0.5) is 0 Å². The van der Waals surface area contributed by atoms with Gasteiger partial charge < -0.3 is 10.1 Å². The van der Waals surface area contributed by atoms with Gasteiger partial charge in [0.15, 0.2) is 0 Å². The minimum absolute atomic E-state index is 0.0923. The van der Waals surface area contributed by atoms with E-state index in [1.807, 2.05) is 20.0 Å². The van der Waals surface area contributed by atoms with Crippen LogP contribution in [0.25, 0.3) is 0 Å². The van der Waals surface area contributed by atoms with E-state index in [1.54, 1.807) is 6.07 Å². The van der Waals surface area contributed by atoms with Crippen LogP contribution < -0.4 is 10.0 Å². The van der Waals surface area contributed by atoms with Crippen LogP contribution >= 0.6 is 11.3 Å². The van der Waals surface area contributed by atoms with Gasteiger partial charge >= 0.3 is 0 Å². The summed E-state index contributed by atoms with van der Waals surface area (Å²) in [6.07, 6.45) is 1.77. The largest absolute Gasteiger partial charge is 0.381 e. The molecule has 0 amide bonds. The smallest absolute Gasteiger partial charge is 0.250 e. The maximum atomic E-state index is 12.3. The summed E-state index contributed by atoms with van der Waals surface area (Å²) in [7, 11) is -1.52. The Bertz CT molecular complexity index is 521. The monoisotopic (exact) mass is 318 g/mol. The highest BCUT2D eigenvalue weighted by atomic mass is 32.2. The molecule has 0 bridgehead atoms. The van der Waals surface area contributed by atoms with Crippen molar-refractivity contribution in [2.45, 2.75) is 30.0 Å². The van der Waals surface area contributed by atoms with E-state index < -0.39 is 10.0 Å². The second kappa shape index (κ2) is 7.00. The van der Waals surface area contributed by atoms with Gasteiger partial charge in [0.2, 0.25) is 10.0 Å². The Morgan fingerprint density at radius 3 is 2.95 bits per heavy atom. The maximum absolute atomic E-state index is 12.3. The summed E-state index contributed by atoms with van der Waals surface area (Å²) in [6, 6.07) is 3.49. The lowest BCUT2D eigenvalue weighted by Gasteiger charge is -2.18. The summed E-state index contributed by atoms with van der Waals surface area (Å²) in [5, 5.41) is 3.06. The van der Waals surface area contributed by atoms with E-state index in [-0.39, 0.29) is 12.0 Å². The zero-order valence-electron chi connectivity index (χ0n) is 11.9. The van der Waals surface area contributed by atoms with E-state index in [0.717, 1.165) is 30.9 Å². The number of sulfonamides is 1. The van der Waals surface area contributed by atoms with Crippen molar-refractivity contribution in [1.29, 1.82) is 0 Å². The highest BCUT2D eigenvalue weighted by Crippen LogP contribution is 2.24. The standard InChI is InChI=1S/C13H22N2O3S2/c1-10(11-6-8-18-9-11)15-20(16,17)13-4-3-12(19-13)5-7-14-2/h3-4,10-11,14-15H,5-9H2,1-2H3. The summed E-state index contributed by atoms with van der Waals surface area (Å²) in [6.45, 7) is 4.13. The lowest BCUT2D eigenvalue weighted by molar-refractivity contribution is 0.180. The lowest BCUT2D eigenvalue weighted by atomic mass is 10.0. The summed E-state index contributed by atoms with van der Waals surface area (Å²) < 4.78 is 33.1. The third-order valence-corrected chi connectivity index (χ3v) is 6.73. The van der Waals surface area contributed by atoms with Crippen molar-refractivity contribution < 1.29 is 13.2 Å². The number of nitrogens with one attached hydrogen (secondary N) is 2. The molecule has 2 atom stereocenters. The molecule has 20 heavy (non-hydrogen) atoms. The normalized spacial score (nSPS) is 21.2. The first-order chi connectivity index (χ1) is 9.53. The minimum Gasteiger partial charge on any atom is -0.381 e. The van der Waals surface area contributed by atoms with Gasteiger partial charge in [-0.15, -0.1) is 11.3 Å². The van der Waals surface area contributed by atoms with Crippen molar-refractivity contribution in [2.24, 2.45) is 5.92 Å². The number of hydrogen-bond donors (Lipinski definition) is 2. The molecule has 0 saturated carbocycles. The van der Waals surface area contributed by atoms with Crippen LogP contribution in [-0.2, 0) is 21.2 Å². The molecule has 7 heteroatoms. The SMILES string of the molecule is CNCCc1ccc(S(=O)(=O)NC(C)C2CCOC2)s1. The Kier molecular flexibility index (Phi) is 5.57. The van der Waals surface area contributed by atoms with Gasteiger partial charge in [0.1, 0.15) is 4.21 Å². The van der Waals surface area contributed by atoms with Gasteiger partial charge in [0.05, 0.1) is 6.61 Å². The Morgan fingerprint density at radius 1 is 1.50 bits per heavy atom. The van der Waals surface area contributed by atoms with Gasteiger partial charge in [0.25, 0.3) is 0 Å². The number of hydrogen-bond acceptors (Lipinski definition) is 5. The molecule has 1 aromatic heterocycles.